The molecule has 0 aliphatic carbocycles. The number of hydrogen-bond donors (Lipinski definition) is 2. The molecule has 1 unspecified atom stereocenters. The number of aliphatic imine (C=N–C) groups is 1. The van der Waals surface area contributed by atoms with E-state index in [-0.39, 0.29) is 0 Å². The van der Waals surface area contributed by atoms with E-state index < -0.39 is 0 Å². The van der Waals surface area contributed by atoms with Crippen LogP contribution in [0.15, 0.2) is 40.7 Å². The summed E-state index contributed by atoms with van der Waals surface area (Å²) in [6.45, 7) is 5.03. The zero-order valence-corrected chi connectivity index (χ0v) is 15.0. The highest BCUT2D eigenvalue weighted by molar-refractivity contribution is 7.09. The molecule has 1 heterocycles. The number of guanidine groups is 1. The smallest absolute Gasteiger partial charge is 0.191 e. The summed E-state index contributed by atoms with van der Waals surface area (Å²) in [5, 5.41) is 10.1. The summed E-state index contributed by atoms with van der Waals surface area (Å²) in [6, 6.07) is 10.9. The fourth-order valence-electron chi connectivity index (χ4n) is 2.29. The highest BCUT2D eigenvalue weighted by Crippen LogP contribution is 2.09. The van der Waals surface area contributed by atoms with Gasteiger partial charge < -0.3 is 10.6 Å². The number of nitrogens with one attached hydrogen (secondary N) is 2. The van der Waals surface area contributed by atoms with Crippen molar-refractivity contribution in [1.29, 1.82) is 0 Å². The Morgan fingerprint density at radius 1 is 1.30 bits per heavy atom. The maximum atomic E-state index is 4.56. The first-order valence-corrected chi connectivity index (χ1v) is 9.03. The molecule has 1 aromatic carbocycles. The predicted molar refractivity (Wildman–Crippen MR) is 99.1 cm³/mol. The second kappa shape index (κ2) is 9.30. The van der Waals surface area contributed by atoms with Crippen LogP contribution in [0, 0.1) is 0 Å². The lowest BCUT2D eigenvalue weighted by molar-refractivity contribution is 0.592. The summed E-state index contributed by atoms with van der Waals surface area (Å²) in [5.41, 5.74) is 2.45. The van der Waals surface area contributed by atoms with Crippen molar-refractivity contribution in [2.75, 3.05) is 7.05 Å². The van der Waals surface area contributed by atoms with Gasteiger partial charge in [0.2, 0.25) is 0 Å². The van der Waals surface area contributed by atoms with E-state index in [0.717, 1.165) is 30.9 Å². The molecule has 0 aliphatic heterocycles. The average Bonchev–Trinajstić information content (AvgIpc) is 3.05. The monoisotopic (exact) mass is 330 g/mol. The maximum absolute atomic E-state index is 4.56. The van der Waals surface area contributed by atoms with Gasteiger partial charge in [-0.25, -0.2) is 4.98 Å². The van der Waals surface area contributed by atoms with Gasteiger partial charge in [-0.3, -0.25) is 4.99 Å². The Morgan fingerprint density at radius 2 is 2.09 bits per heavy atom. The third-order valence-corrected chi connectivity index (χ3v) is 4.70. The first-order chi connectivity index (χ1) is 11.2. The summed E-state index contributed by atoms with van der Waals surface area (Å²) < 4.78 is 0. The zero-order valence-electron chi connectivity index (χ0n) is 14.2. The molecule has 5 heteroatoms. The molecule has 0 aliphatic rings. The molecule has 23 heavy (non-hydrogen) atoms. The summed E-state index contributed by atoms with van der Waals surface area (Å²) in [4.78, 5) is 8.86. The number of aryl methyl sites for hydroxylation is 2. The first-order valence-electron chi connectivity index (χ1n) is 8.15. The molecule has 0 radical (unpaired) electrons. The van der Waals surface area contributed by atoms with Crippen molar-refractivity contribution in [3.8, 4) is 0 Å². The second-order valence-corrected chi connectivity index (χ2v) is 6.52. The highest BCUT2D eigenvalue weighted by Gasteiger charge is 2.07. The summed E-state index contributed by atoms with van der Waals surface area (Å²) >= 11 is 1.72. The van der Waals surface area contributed by atoms with E-state index in [9.17, 15) is 0 Å². The van der Waals surface area contributed by atoms with Gasteiger partial charge in [-0.05, 0) is 31.7 Å². The molecule has 1 aromatic heterocycles. The molecule has 124 valence electrons. The van der Waals surface area contributed by atoms with Crippen LogP contribution in [0.25, 0.3) is 0 Å². The molecule has 0 bridgehead atoms. The van der Waals surface area contributed by atoms with Crippen LogP contribution in [0.4, 0.5) is 0 Å². The summed E-state index contributed by atoms with van der Waals surface area (Å²) in [7, 11) is 1.80. The van der Waals surface area contributed by atoms with Crippen LogP contribution in [-0.2, 0) is 19.4 Å². The van der Waals surface area contributed by atoms with Gasteiger partial charge >= 0.3 is 0 Å². The van der Waals surface area contributed by atoms with Gasteiger partial charge in [0, 0.05) is 18.5 Å². The lowest BCUT2D eigenvalue weighted by Gasteiger charge is -2.17. The Bertz CT molecular complexity index is 606. The fourth-order valence-corrected chi connectivity index (χ4v) is 3.04. The van der Waals surface area contributed by atoms with E-state index in [1.807, 2.05) is 0 Å². The largest absolute Gasteiger partial charge is 0.354 e. The second-order valence-electron chi connectivity index (χ2n) is 5.58. The van der Waals surface area contributed by atoms with Gasteiger partial charge in [0.15, 0.2) is 5.96 Å². The van der Waals surface area contributed by atoms with E-state index in [1.165, 1.54) is 10.6 Å². The molecule has 2 rings (SSSR count). The van der Waals surface area contributed by atoms with Crippen LogP contribution >= 0.6 is 11.3 Å². The Kier molecular flexibility index (Phi) is 7.07. The standard InChI is InChI=1S/C18H26N4S/c1-4-17-22-16(13-23-17)12-20-18(19-3)21-14(2)10-11-15-8-6-5-7-9-15/h5-9,13-14H,4,10-12H2,1-3H3,(H2,19,20,21). The number of benzene rings is 1. The van der Waals surface area contributed by atoms with Crippen LogP contribution in [-0.4, -0.2) is 24.0 Å². The lowest BCUT2D eigenvalue weighted by atomic mass is 10.1. The van der Waals surface area contributed by atoms with Crippen molar-refractivity contribution in [3.63, 3.8) is 0 Å². The molecule has 0 saturated carbocycles. The van der Waals surface area contributed by atoms with Gasteiger partial charge in [-0.2, -0.15) is 0 Å². The number of rotatable bonds is 7. The van der Waals surface area contributed by atoms with Crippen LogP contribution in [0.5, 0.6) is 0 Å². The molecule has 2 aromatic rings. The number of thiazole rings is 1. The molecule has 2 N–H and O–H groups in total. The Hall–Kier alpha value is -1.88. The van der Waals surface area contributed by atoms with E-state index in [0.29, 0.717) is 12.6 Å². The van der Waals surface area contributed by atoms with Crippen LogP contribution < -0.4 is 10.6 Å². The Labute approximate surface area is 143 Å². The van der Waals surface area contributed by atoms with Crippen molar-refractivity contribution in [1.82, 2.24) is 15.6 Å². The number of hydrogen-bond acceptors (Lipinski definition) is 3. The van der Waals surface area contributed by atoms with Crippen molar-refractivity contribution >= 4 is 17.3 Å². The minimum atomic E-state index is 0.364. The van der Waals surface area contributed by atoms with Crippen molar-refractivity contribution in [3.05, 3.63) is 52.0 Å². The summed E-state index contributed by atoms with van der Waals surface area (Å²) in [5.74, 6) is 0.830. The molecular weight excluding hydrogens is 304 g/mol. The van der Waals surface area contributed by atoms with Crippen LogP contribution in [0.2, 0.25) is 0 Å². The van der Waals surface area contributed by atoms with E-state index >= 15 is 0 Å². The molecule has 0 amide bonds. The number of aromatic nitrogens is 1. The van der Waals surface area contributed by atoms with Gasteiger partial charge in [-0.15, -0.1) is 11.3 Å². The van der Waals surface area contributed by atoms with Gasteiger partial charge in [0.1, 0.15) is 0 Å². The molecule has 0 saturated heterocycles. The highest BCUT2D eigenvalue weighted by atomic mass is 32.1. The van der Waals surface area contributed by atoms with Crippen LogP contribution in [0.3, 0.4) is 0 Å². The van der Waals surface area contributed by atoms with Gasteiger partial charge in [-0.1, -0.05) is 37.3 Å². The van der Waals surface area contributed by atoms with E-state index in [4.69, 9.17) is 0 Å². The molecule has 0 spiro atoms. The maximum Gasteiger partial charge on any atom is 0.191 e. The normalized spacial score (nSPS) is 12.9. The quantitative estimate of drug-likeness (QED) is 0.604. The van der Waals surface area contributed by atoms with Crippen LogP contribution in [0.1, 0.15) is 36.5 Å². The Morgan fingerprint density at radius 3 is 2.74 bits per heavy atom. The molecule has 1 atom stereocenters. The molecule has 4 nitrogen and oxygen atoms in total. The van der Waals surface area contributed by atoms with Crippen molar-refractivity contribution < 1.29 is 0 Å². The predicted octanol–water partition coefficient (Wildman–Crippen LogP) is 3.39. The lowest BCUT2D eigenvalue weighted by Crippen LogP contribution is -2.42. The Balaban J connectivity index is 1.75. The minimum absolute atomic E-state index is 0.364. The molecular formula is C18H26N4S. The van der Waals surface area contributed by atoms with Crippen molar-refractivity contribution in [2.24, 2.45) is 4.99 Å². The summed E-state index contributed by atoms with van der Waals surface area (Å²) in [6.07, 6.45) is 3.13. The average molecular weight is 331 g/mol. The van der Waals surface area contributed by atoms with E-state index in [1.54, 1.807) is 18.4 Å². The fraction of sp³-hybridized carbons (Fsp3) is 0.444. The third-order valence-electron chi connectivity index (χ3n) is 3.65. The van der Waals surface area contributed by atoms with Gasteiger partial charge in [0.25, 0.3) is 0 Å². The molecule has 0 fully saturated rings. The van der Waals surface area contributed by atoms with Gasteiger partial charge in [0.05, 0.1) is 17.2 Å². The minimum Gasteiger partial charge on any atom is -0.354 e. The van der Waals surface area contributed by atoms with E-state index in [2.05, 4.69) is 70.2 Å². The SMILES string of the molecule is CCc1nc(CNC(=NC)NC(C)CCc2ccccc2)cs1. The number of nitrogens with zero attached hydrogens (tertiary/aromatic N) is 2. The topological polar surface area (TPSA) is 49.3 Å². The third kappa shape index (κ3) is 6.02. The first kappa shape index (κ1) is 17.5. The van der Waals surface area contributed by atoms with Crippen molar-refractivity contribution in [2.45, 2.75) is 45.7 Å². The zero-order chi connectivity index (χ0) is 16.5.